The molecule has 0 saturated carbocycles. The van der Waals surface area contributed by atoms with E-state index in [1.165, 1.54) is 22.0 Å². The van der Waals surface area contributed by atoms with Crippen LogP contribution < -0.4 is 0 Å². The van der Waals surface area contributed by atoms with Crippen LogP contribution in [0.2, 0.25) is 0 Å². The van der Waals surface area contributed by atoms with Crippen molar-refractivity contribution < 1.29 is 0 Å². The van der Waals surface area contributed by atoms with Crippen LogP contribution in [0, 0.1) is 0 Å². The fourth-order valence-corrected chi connectivity index (χ4v) is 3.00. The van der Waals surface area contributed by atoms with Gasteiger partial charge in [0.2, 0.25) is 0 Å². The first-order valence-electron chi connectivity index (χ1n) is 7.20. The summed E-state index contributed by atoms with van der Waals surface area (Å²) in [5.74, 6) is 0. The highest BCUT2D eigenvalue weighted by molar-refractivity contribution is 9.10. The Morgan fingerprint density at radius 2 is 1.90 bits per heavy atom. The molecule has 0 fully saturated rings. The number of aromatic amines is 1. The largest absolute Gasteiger partial charge is 0.361 e. The summed E-state index contributed by atoms with van der Waals surface area (Å²) in [6.45, 7) is 2.04. The lowest BCUT2D eigenvalue weighted by Gasteiger charge is -2.16. The lowest BCUT2D eigenvalue weighted by molar-refractivity contribution is 0.331. The highest BCUT2D eigenvalue weighted by Gasteiger charge is 2.06. The minimum absolute atomic E-state index is 0.993. The van der Waals surface area contributed by atoms with Gasteiger partial charge in [-0.1, -0.05) is 46.3 Å². The van der Waals surface area contributed by atoms with Crippen LogP contribution in [-0.2, 0) is 13.0 Å². The zero-order valence-electron chi connectivity index (χ0n) is 12.1. The Bertz CT molecular complexity index is 718. The van der Waals surface area contributed by atoms with E-state index in [4.69, 9.17) is 0 Å². The molecule has 1 aromatic heterocycles. The van der Waals surface area contributed by atoms with Crippen LogP contribution in [-0.4, -0.2) is 23.5 Å². The molecular formula is C18H19BrN2. The van der Waals surface area contributed by atoms with Gasteiger partial charge in [-0.3, -0.25) is 0 Å². The summed E-state index contributed by atoms with van der Waals surface area (Å²) in [7, 11) is 2.18. The van der Waals surface area contributed by atoms with E-state index < -0.39 is 0 Å². The average Bonchev–Trinajstić information content (AvgIpc) is 2.88. The number of nitrogens with one attached hydrogen (secondary N) is 1. The lowest BCUT2D eigenvalue weighted by atomic mass is 10.1. The van der Waals surface area contributed by atoms with E-state index in [0.717, 1.165) is 24.0 Å². The summed E-state index contributed by atoms with van der Waals surface area (Å²) in [5.41, 5.74) is 3.95. The van der Waals surface area contributed by atoms with Gasteiger partial charge in [0.15, 0.2) is 0 Å². The van der Waals surface area contributed by atoms with E-state index in [1.807, 2.05) is 0 Å². The summed E-state index contributed by atoms with van der Waals surface area (Å²) in [6.07, 6.45) is 3.19. The summed E-state index contributed by atoms with van der Waals surface area (Å²) in [6, 6.07) is 17.0. The van der Waals surface area contributed by atoms with Gasteiger partial charge in [-0.05, 0) is 42.8 Å². The van der Waals surface area contributed by atoms with Gasteiger partial charge in [0.25, 0.3) is 0 Å². The van der Waals surface area contributed by atoms with Crippen molar-refractivity contribution in [3.8, 4) is 0 Å². The molecule has 0 bridgehead atoms. The van der Waals surface area contributed by atoms with E-state index in [1.54, 1.807) is 0 Å². The maximum atomic E-state index is 3.55. The predicted molar refractivity (Wildman–Crippen MR) is 92.5 cm³/mol. The molecule has 3 heteroatoms. The minimum atomic E-state index is 0.993. The number of fused-ring (bicyclic) bond motifs is 1. The topological polar surface area (TPSA) is 19.0 Å². The molecule has 0 aliphatic rings. The zero-order valence-corrected chi connectivity index (χ0v) is 13.7. The zero-order chi connectivity index (χ0) is 14.7. The SMILES string of the molecule is CN(CCc1c[nH]c2ccc(Br)cc12)Cc1ccccc1. The molecule has 3 aromatic rings. The Morgan fingerprint density at radius 3 is 2.71 bits per heavy atom. The molecule has 0 spiro atoms. The standard InChI is InChI=1S/C18H19BrN2/c1-21(13-14-5-3-2-4-6-14)10-9-15-12-20-18-8-7-16(19)11-17(15)18/h2-8,11-12,20H,9-10,13H2,1H3. The number of likely N-dealkylation sites (N-methyl/N-ethyl adjacent to an activating group) is 1. The van der Waals surface area contributed by atoms with Crippen molar-refractivity contribution >= 4 is 26.8 Å². The predicted octanol–water partition coefficient (Wildman–Crippen LogP) is 4.60. The molecule has 0 aliphatic carbocycles. The first kappa shape index (κ1) is 14.4. The van der Waals surface area contributed by atoms with E-state index in [9.17, 15) is 0 Å². The van der Waals surface area contributed by atoms with Crippen LogP contribution in [0.3, 0.4) is 0 Å². The number of benzene rings is 2. The number of rotatable bonds is 5. The van der Waals surface area contributed by atoms with Crippen molar-refractivity contribution in [3.05, 3.63) is 70.3 Å². The van der Waals surface area contributed by atoms with E-state index in [2.05, 4.69) is 87.6 Å². The van der Waals surface area contributed by atoms with Crippen molar-refractivity contribution in [1.29, 1.82) is 0 Å². The molecule has 3 rings (SSSR count). The van der Waals surface area contributed by atoms with E-state index in [0.29, 0.717) is 0 Å². The van der Waals surface area contributed by atoms with Gasteiger partial charge >= 0.3 is 0 Å². The van der Waals surface area contributed by atoms with Crippen molar-refractivity contribution in [2.75, 3.05) is 13.6 Å². The monoisotopic (exact) mass is 342 g/mol. The van der Waals surface area contributed by atoms with Gasteiger partial charge in [0.05, 0.1) is 0 Å². The molecule has 108 valence electrons. The number of aromatic nitrogens is 1. The molecule has 2 nitrogen and oxygen atoms in total. The van der Waals surface area contributed by atoms with Gasteiger partial charge < -0.3 is 9.88 Å². The molecule has 0 amide bonds. The van der Waals surface area contributed by atoms with Crippen molar-refractivity contribution in [2.24, 2.45) is 0 Å². The van der Waals surface area contributed by atoms with Crippen LogP contribution >= 0.6 is 15.9 Å². The first-order chi connectivity index (χ1) is 10.2. The fourth-order valence-electron chi connectivity index (χ4n) is 2.64. The highest BCUT2D eigenvalue weighted by atomic mass is 79.9. The molecule has 0 atom stereocenters. The summed E-state index contributed by atoms with van der Waals surface area (Å²) >= 11 is 3.55. The Hall–Kier alpha value is -1.58. The molecule has 1 heterocycles. The van der Waals surface area contributed by atoms with Crippen LogP contribution in [0.4, 0.5) is 0 Å². The molecular weight excluding hydrogens is 324 g/mol. The smallest absolute Gasteiger partial charge is 0.0457 e. The second kappa shape index (κ2) is 6.46. The molecule has 0 aliphatic heterocycles. The summed E-state index contributed by atoms with van der Waals surface area (Å²) in [4.78, 5) is 5.72. The second-order valence-electron chi connectivity index (χ2n) is 5.48. The van der Waals surface area contributed by atoms with Gasteiger partial charge in [0.1, 0.15) is 0 Å². The van der Waals surface area contributed by atoms with E-state index in [-0.39, 0.29) is 0 Å². The maximum Gasteiger partial charge on any atom is 0.0457 e. The summed E-state index contributed by atoms with van der Waals surface area (Å²) < 4.78 is 1.13. The third-order valence-corrected chi connectivity index (χ3v) is 4.28. The quantitative estimate of drug-likeness (QED) is 0.717. The van der Waals surface area contributed by atoms with Crippen molar-refractivity contribution in [3.63, 3.8) is 0 Å². The average molecular weight is 343 g/mol. The maximum absolute atomic E-state index is 3.55. The van der Waals surface area contributed by atoms with Crippen LogP contribution in [0.15, 0.2) is 59.2 Å². The number of H-pyrrole nitrogens is 1. The number of nitrogens with zero attached hydrogens (tertiary/aromatic N) is 1. The Kier molecular flexibility index (Phi) is 4.42. The first-order valence-corrected chi connectivity index (χ1v) is 7.99. The Labute approximate surface area is 133 Å². The van der Waals surface area contributed by atoms with Gasteiger partial charge in [-0.15, -0.1) is 0 Å². The third kappa shape index (κ3) is 3.55. The van der Waals surface area contributed by atoms with Gasteiger partial charge in [-0.2, -0.15) is 0 Å². The molecule has 0 unspecified atom stereocenters. The van der Waals surface area contributed by atoms with Gasteiger partial charge in [0, 0.05) is 34.7 Å². The molecule has 0 radical (unpaired) electrons. The van der Waals surface area contributed by atoms with E-state index >= 15 is 0 Å². The third-order valence-electron chi connectivity index (χ3n) is 3.79. The Morgan fingerprint density at radius 1 is 1.10 bits per heavy atom. The number of halogens is 1. The van der Waals surface area contributed by atoms with Crippen LogP contribution in [0.1, 0.15) is 11.1 Å². The van der Waals surface area contributed by atoms with Gasteiger partial charge in [-0.25, -0.2) is 0 Å². The normalized spacial score (nSPS) is 11.4. The number of hydrogen-bond acceptors (Lipinski definition) is 1. The minimum Gasteiger partial charge on any atom is -0.361 e. The van der Waals surface area contributed by atoms with Crippen LogP contribution in [0.5, 0.6) is 0 Å². The fraction of sp³-hybridized carbons (Fsp3) is 0.222. The Balaban J connectivity index is 1.65. The highest BCUT2D eigenvalue weighted by Crippen LogP contribution is 2.23. The molecule has 21 heavy (non-hydrogen) atoms. The summed E-state index contributed by atoms with van der Waals surface area (Å²) in [5, 5.41) is 1.32. The molecule has 2 aromatic carbocycles. The lowest BCUT2D eigenvalue weighted by Crippen LogP contribution is -2.20. The second-order valence-corrected chi connectivity index (χ2v) is 6.39. The van der Waals surface area contributed by atoms with Crippen molar-refractivity contribution in [2.45, 2.75) is 13.0 Å². The van der Waals surface area contributed by atoms with Crippen LogP contribution in [0.25, 0.3) is 10.9 Å². The number of hydrogen-bond donors (Lipinski definition) is 1. The van der Waals surface area contributed by atoms with Crippen molar-refractivity contribution in [1.82, 2.24) is 9.88 Å². The molecule has 0 saturated heterocycles. The molecule has 1 N–H and O–H groups in total.